The monoisotopic (exact) mass is 221 g/mol. The predicted molar refractivity (Wildman–Crippen MR) is 64.5 cm³/mol. The van der Waals surface area contributed by atoms with Crippen LogP contribution in [-0.4, -0.2) is 17.1 Å². The van der Waals surface area contributed by atoms with Gasteiger partial charge in [0.15, 0.2) is 5.79 Å². The van der Waals surface area contributed by atoms with E-state index >= 15 is 0 Å². The fourth-order valence-corrected chi connectivity index (χ4v) is 1.42. The second kappa shape index (κ2) is 6.40. The van der Waals surface area contributed by atoms with E-state index in [4.69, 9.17) is 10.1 Å². The fraction of sp³-hybridized carbons (Fsp3) is 0.462. The second-order valence-corrected chi connectivity index (χ2v) is 4.05. The molecular weight excluding hydrogens is 202 g/mol. The summed E-state index contributed by atoms with van der Waals surface area (Å²) < 4.78 is 5.44. The number of aliphatic hydroxyl groups is 1. The molecular formula is C13H19NO2. The Labute approximate surface area is 96.6 Å². The summed E-state index contributed by atoms with van der Waals surface area (Å²) in [5.74, 6) is -1.10. The predicted octanol–water partition coefficient (Wildman–Crippen LogP) is 2.73. The average molecular weight is 221 g/mol. The van der Waals surface area contributed by atoms with Gasteiger partial charge in [0.25, 0.3) is 0 Å². The number of rotatable bonds is 7. The highest BCUT2D eigenvalue weighted by Gasteiger charge is 2.19. The molecule has 3 heteroatoms. The minimum atomic E-state index is -1.10. The van der Waals surface area contributed by atoms with Crippen molar-refractivity contribution < 1.29 is 9.84 Å². The molecule has 0 saturated heterocycles. The quantitative estimate of drug-likeness (QED) is 0.422. The highest BCUT2D eigenvalue weighted by Crippen LogP contribution is 2.17. The molecule has 0 aliphatic heterocycles. The third-order valence-electron chi connectivity index (χ3n) is 2.38. The minimum Gasteiger partial charge on any atom is -0.366 e. The van der Waals surface area contributed by atoms with Crippen LogP contribution in [-0.2, 0) is 11.3 Å². The lowest BCUT2D eigenvalue weighted by molar-refractivity contribution is -0.202. The maximum atomic E-state index is 9.91. The van der Waals surface area contributed by atoms with Crippen molar-refractivity contribution in [1.82, 2.24) is 0 Å². The second-order valence-electron chi connectivity index (χ2n) is 4.05. The van der Waals surface area contributed by atoms with E-state index in [2.05, 4.69) is 0 Å². The van der Waals surface area contributed by atoms with Gasteiger partial charge in [-0.05, 0) is 31.5 Å². The molecule has 0 aliphatic carbocycles. The van der Waals surface area contributed by atoms with Crippen LogP contribution in [0.25, 0.3) is 0 Å². The molecule has 88 valence electrons. The number of nitrogens with one attached hydrogen (secondary N) is 1. The summed E-state index contributed by atoms with van der Waals surface area (Å²) in [5, 5.41) is 16.8. The van der Waals surface area contributed by atoms with Crippen LogP contribution < -0.4 is 0 Å². The number of ether oxygens (including phenoxy) is 1. The average Bonchev–Trinajstić information content (AvgIpc) is 2.28. The van der Waals surface area contributed by atoms with Crippen LogP contribution >= 0.6 is 0 Å². The summed E-state index contributed by atoms with van der Waals surface area (Å²) in [6, 6.07) is 9.78. The fourth-order valence-electron chi connectivity index (χ4n) is 1.42. The van der Waals surface area contributed by atoms with Gasteiger partial charge < -0.3 is 15.3 Å². The molecule has 2 N–H and O–H groups in total. The molecule has 16 heavy (non-hydrogen) atoms. The first-order valence-corrected chi connectivity index (χ1v) is 5.53. The molecule has 1 aromatic carbocycles. The third kappa shape index (κ3) is 5.05. The molecule has 0 fully saturated rings. The van der Waals surface area contributed by atoms with Crippen LogP contribution in [0.4, 0.5) is 0 Å². The number of hydrogen-bond donors (Lipinski definition) is 2. The van der Waals surface area contributed by atoms with E-state index in [9.17, 15) is 5.11 Å². The van der Waals surface area contributed by atoms with E-state index in [1.165, 1.54) is 6.21 Å². The topological polar surface area (TPSA) is 53.3 Å². The van der Waals surface area contributed by atoms with Crippen LogP contribution in [0.1, 0.15) is 31.7 Å². The van der Waals surface area contributed by atoms with Crippen molar-refractivity contribution in [3.05, 3.63) is 35.9 Å². The molecule has 0 radical (unpaired) electrons. The smallest absolute Gasteiger partial charge is 0.163 e. The lowest BCUT2D eigenvalue weighted by Gasteiger charge is -2.23. The Morgan fingerprint density at radius 2 is 2.06 bits per heavy atom. The molecule has 1 unspecified atom stereocenters. The number of unbranched alkanes of at least 4 members (excludes halogenated alkanes) is 1. The van der Waals surface area contributed by atoms with Gasteiger partial charge in [0.1, 0.15) is 0 Å². The molecule has 0 aromatic heterocycles. The Balaban J connectivity index is 2.32. The van der Waals surface area contributed by atoms with Crippen LogP contribution in [0.15, 0.2) is 30.3 Å². The summed E-state index contributed by atoms with van der Waals surface area (Å²) in [7, 11) is 0. The lowest BCUT2D eigenvalue weighted by atomic mass is 10.1. The molecule has 1 aromatic rings. The highest BCUT2D eigenvalue weighted by molar-refractivity contribution is 5.52. The van der Waals surface area contributed by atoms with Crippen LogP contribution in [0.3, 0.4) is 0 Å². The van der Waals surface area contributed by atoms with Gasteiger partial charge in [-0.25, -0.2) is 0 Å². The standard InChI is InChI=1S/C13H19NO2/c1-13(15,9-5-6-10-14)16-11-12-7-3-2-4-8-12/h2-4,7-8,10,14-15H,5-6,9,11H2,1H3. The van der Waals surface area contributed by atoms with Gasteiger partial charge >= 0.3 is 0 Å². The Morgan fingerprint density at radius 3 is 2.69 bits per heavy atom. The van der Waals surface area contributed by atoms with E-state index < -0.39 is 5.79 Å². The molecule has 1 atom stereocenters. The zero-order chi connectivity index (χ0) is 11.9. The number of hydrogen-bond acceptors (Lipinski definition) is 3. The molecule has 0 amide bonds. The van der Waals surface area contributed by atoms with E-state index in [1.807, 2.05) is 30.3 Å². The summed E-state index contributed by atoms with van der Waals surface area (Å²) in [6.45, 7) is 2.08. The van der Waals surface area contributed by atoms with Gasteiger partial charge in [-0.2, -0.15) is 0 Å². The van der Waals surface area contributed by atoms with Crippen LogP contribution in [0.5, 0.6) is 0 Å². The minimum absolute atomic E-state index is 0.415. The normalized spacial score (nSPS) is 14.4. The summed E-state index contributed by atoms with van der Waals surface area (Å²) in [4.78, 5) is 0. The third-order valence-corrected chi connectivity index (χ3v) is 2.38. The lowest BCUT2D eigenvalue weighted by Crippen LogP contribution is -2.27. The van der Waals surface area contributed by atoms with Crippen molar-refractivity contribution in [2.45, 2.75) is 38.6 Å². The molecule has 1 rings (SSSR count). The van der Waals surface area contributed by atoms with Gasteiger partial charge in [0.05, 0.1) is 6.61 Å². The van der Waals surface area contributed by atoms with Crippen LogP contribution in [0.2, 0.25) is 0 Å². The van der Waals surface area contributed by atoms with Gasteiger partial charge in [0.2, 0.25) is 0 Å². The Morgan fingerprint density at radius 1 is 1.38 bits per heavy atom. The van der Waals surface area contributed by atoms with Crippen molar-refractivity contribution in [3.8, 4) is 0 Å². The Bertz CT molecular complexity index is 309. The van der Waals surface area contributed by atoms with E-state index in [0.29, 0.717) is 19.4 Å². The van der Waals surface area contributed by atoms with E-state index in [1.54, 1.807) is 6.92 Å². The molecule has 0 spiro atoms. The van der Waals surface area contributed by atoms with Crippen LogP contribution in [0, 0.1) is 5.41 Å². The van der Waals surface area contributed by atoms with Crippen molar-refractivity contribution in [2.24, 2.45) is 0 Å². The van der Waals surface area contributed by atoms with Gasteiger partial charge in [-0.3, -0.25) is 0 Å². The molecule has 0 bridgehead atoms. The first kappa shape index (κ1) is 12.9. The van der Waals surface area contributed by atoms with Gasteiger partial charge in [-0.1, -0.05) is 30.3 Å². The Hall–Kier alpha value is -1.19. The zero-order valence-corrected chi connectivity index (χ0v) is 9.65. The molecule has 0 saturated carbocycles. The summed E-state index contributed by atoms with van der Waals surface area (Å²) in [6.07, 6.45) is 3.36. The van der Waals surface area contributed by atoms with E-state index in [0.717, 1.165) is 12.0 Å². The summed E-state index contributed by atoms with van der Waals surface area (Å²) in [5.41, 5.74) is 1.05. The number of benzene rings is 1. The SMILES string of the molecule is CC(O)(CCCC=N)OCc1ccccc1. The van der Waals surface area contributed by atoms with E-state index in [-0.39, 0.29) is 0 Å². The van der Waals surface area contributed by atoms with Crippen molar-refractivity contribution in [3.63, 3.8) is 0 Å². The van der Waals surface area contributed by atoms with Crippen molar-refractivity contribution in [1.29, 1.82) is 5.41 Å². The van der Waals surface area contributed by atoms with Gasteiger partial charge in [-0.15, -0.1) is 0 Å². The molecule has 3 nitrogen and oxygen atoms in total. The molecule has 0 aliphatic rings. The Kier molecular flexibility index (Phi) is 5.15. The zero-order valence-electron chi connectivity index (χ0n) is 9.65. The maximum absolute atomic E-state index is 9.91. The van der Waals surface area contributed by atoms with Crippen molar-refractivity contribution >= 4 is 6.21 Å². The largest absolute Gasteiger partial charge is 0.366 e. The van der Waals surface area contributed by atoms with Crippen molar-refractivity contribution in [2.75, 3.05) is 0 Å². The first-order valence-electron chi connectivity index (χ1n) is 5.53. The first-order chi connectivity index (χ1) is 7.64. The maximum Gasteiger partial charge on any atom is 0.163 e. The summed E-state index contributed by atoms with van der Waals surface area (Å²) >= 11 is 0. The highest BCUT2D eigenvalue weighted by atomic mass is 16.6. The van der Waals surface area contributed by atoms with Gasteiger partial charge in [0, 0.05) is 6.42 Å². The molecule has 0 heterocycles.